The molecule has 0 spiro atoms. The summed E-state index contributed by atoms with van der Waals surface area (Å²) < 4.78 is 6.75. The van der Waals surface area contributed by atoms with E-state index in [4.69, 9.17) is 4.74 Å². The van der Waals surface area contributed by atoms with Gasteiger partial charge in [-0.1, -0.05) is 0 Å². The van der Waals surface area contributed by atoms with Gasteiger partial charge in [-0.25, -0.2) is 14.3 Å². The van der Waals surface area contributed by atoms with Crippen molar-refractivity contribution in [1.82, 2.24) is 9.80 Å². The van der Waals surface area contributed by atoms with Crippen molar-refractivity contribution in [2.45, 2.75) is 19.4 Å². The van der Waals surface area contributed by atoms with Crippen molar-refractivity contribution in [2.24, 2.45) is 4.99 Å². The van der Waals surface area contributed by atoms with Crippen molar-refractivity contribution in [2.75, 3.05) is 32.5 Å². The van der Waals surface area contributed by atoms with E-state index in [2.05, 4.69) is 4.99 Å². The minimum absolute atomic E-state index is 0.210. The number of rotatable bonds is 3. The number of hydrogen-bond donors (Lipinski definition) is 0. The van der Waals surface area contributed by atoms with Crippen LogP contribution >= 0.6 is 11.8 Å². The lowest BCUT2D eigenvalue weighted by Gasteiger charge is -2.32. The van der Waals surface area contributed by atoms with Crippen molar-refractivity contribution in [3.05, 3.63) is 0 Å². The summed E-state index contributed by atoms with van der Waals surface area (Å²) in [5.74, 6) is 0.397. The van der Waals surface area contributed by atoms with Crippen molar-refractivity contribution < 1.29 is 23.7 Å². The number of carbonyl (C=O) groups excluding carboxylic acids is 3. The van der Waals surface area contributed by atoms with Gasteiger partial charge >= 0.3 is 17.2 Å². The molecule has 0 saturated carbocycles. The van der Waals surface area contributed by atoms with Crippen molar-refractivity contribution in [1.29, 1.82) is 0 Å². The van der Waals surface area contributed by atoms with Gasteiger partial charge in [-0.05, 0) is 30.1 Å². The van der Waals surface area contributed by atoms with Crippen LogP contribution in [0.1, 0.15) is 13.3 Å². The Balaban J connectivity index is 1.89. The van der Waals surface area contributed by atoms with Crippen LogP contribution in [0.3, 0.4) is 0 Å². The first-order chi connectivity index (χ1) is 10.5. The highest BCUT2D eigenvalue weighted by Gasteiger charge is 2.54. The summed E-state index contributed by atoms with van der Waals surface area (Å²) in [6, 6.07) is -1.15. The monoisotopic (exact) mass is 325 g/mol. The molecule has 3 aliphatic heterocycles. The maximum Gasteiger partial charge on any atom is 0.357 e. The van der Waals surface area contributed by atoms with Crippen molar-refractivity contribution >= 4 is 40.7 Å². The van der Waals surface area contributed by atoms with E-state index in [1.165, 1.54) is 4.90 Å². The second-order valence-electron chi connectivity index (χ2n) is 5.12. The summed E-state index contributed by atoms with van der Waals surface area (Å²) in [4.78, 5) is 43.4. The van der Waals surface area contributed by atoms with Gasteiger partial charge in [0.15, 0.2) is 0 Å². The minimum atomic E-state index is -0.611. The summed E-state index contributed by atoms with van der Waals surface area (Å²) in [6.45, 7) is 2.25. The Kier molecular flexibility index (Phi) is 3.90. The molecule has 0 bridgehead atoms. The van der Waals surface area contributed by atoms with E-state index in [0.29, 0.717) is 5.84 Å². The molecular formula is C13H17N4O4S+. The number of nitrogens with zero attached hydrogens (tertiary/aromatic N) is 4. The van der Waals surface area contributed by atoms with E-state index < -0.39 is 23.9 Å². The second-order valence-corrected chi connectivity index (χ2v) is 6.18. The Morgan fingerprint density at radius 2 is 2.27 bits per heavy atom. The molecule has 3 aliphatic rings. The number of thioether (sulfide) groups is 1. The Bertz CT molecular complexity index is 615. The normalized spacial score (nSPS) is 24.3. The number of amidine groups is 2. The molecule has 0 N–H and O–H groups in total. The topological polar surface area (TPSA) is 82.3 Å². The highest BCUT2D eigenvalue weighted by atomic mass is 32.2. The molecule has 9 heteroatoms. The van der Waals surface area contributed by atoms with E-state index in [-0.39, 0.29) is 13.2 Å². The number of ether oxygens (including phenoxy) is 1. The highest BCUT2D eigenvalue weighted by molar-refractivity contribution is 8.13. The number of likely N-dealkylation sites (N-methyl/N-ethyl adjacent to an activating group) is 1. The Morgan fingerprint density at radius 3 is 3.00 bits per heavy atom. The van der Waals surface area contributed by atoms with E-state index >= 15 is 0 Å². The van der Waals surface area contributed by atoms with Gasteiger partial charge in [-0.3, -0.25) is 14.5 Å². The third-order valence-electron chi connectivity index (χ3n) is 3.74. The smallest absolute Gasteiger partial charge is 0.357 e. The zero-order valence-corrected chi connectivity index (χ0v) is 13.3. The standard InChI is InChI=1S/C13H17N4O4S/c1-3-21-8(18)7-17-11(19)9-10(15(2)13(17)20)14-12-16(9)5-4-6-22-12/h9H,3-7H2,1-2H3/q+1. The quantitative estimate of drug-likeness (QED) is 0.527. The number of imide groups is 1. The molecule has 3 heterocycles. The zero-order chi connectivity index (χ0) is 15.9. The number of urea groups is 1. The predicted molar refractivity (Wildman–Crippen MR) is 79.9 cm³/mol. The number of amides is 3. The van der Waals surface area contributed by atoms with Crippen LogP contribution in [0, 0.1) is 0 Å². The van der Waals surface area contributed by atoms with Gasteiger partial charge in [-0.2, -0.15) is 0 Å². The third kappa shape index (κ3) is 2.29. The van der Waals surface area contributed by atoms with Gasteiger partial charge in [-0.15, -0.1) is 0 Å². The number of fused-ring (bicyclic) bond motifs is 2. The highest BCUT2D eigenvalue weighted by Crippen LogP contribution is 2.26. The van der Waals surface area contributed by atoms with Crippen LogP contribution in [-0.4, -0.2) is 81.8 Å². The van der Waals surface area contributed by atoms with Gasteiger partial charge in [0.05, 0.1) is 13.2 Å². The predicted octanol–water partition coefficient (Wildman–Crippen LogP) is -0.270. The SMILES string of the molecule is CCOC(=O)CN1C(=O)C2C(=NC3=[N+]2CCCS3)N(C)C1=O. The molecule has 1 atom stereocenters. The van der Waals surface area contributed by atoms with Gasteiger partial charge in [0, 0.05) is 12.8 Å². The maximum absolute atomic E-state index is 12.7. The fourth-order valence-electron chi connectivity index (χ4n) is 2.72. The molecule has 1 saturated heterocycles. The first-order valence-electron chi connectivity index (χ1n) is 7.14. The molecule has 3 rings (SSSR count). The van der Waals surface area contributed by atoms with Crippen molar-refractivity contribution in [3.63, 3.8) is 0 Å². The Labute approximate surface area is 131 Å². The number of hydrogen-bond acceptors (Lipinski definition) is 6. The molecule has 0 aromatic carbocycles. The molecule has 0 aliphatic carbocycles. The average molecular weight is 325 g/mol. The van der Waals surface area contributed by atoms with Crippen LogP contribution < -0.4 is 0 Å². The maximum atomic E-state index is 12.7. The van der Waals surface area contributed by atoms with Gasteiger partial charge in [0.2, 0.25) is 0 Å². The summed E-state index contributed by atoms with van der Waals surface area (Å²) >= 11 is 1.58. The lowest BCUT2D eigenvalue weighted by molar-refractivity contribution is -0.533. The molecule has 0 aromatic rings. The van der Waals surface area contributed by atoms with Gasteiger partial charge < -0.3 is 4.74 Å². The van der Waals surface area contributed by atoms with Gasteiger partial charge in [0.25, 0.3) is 17.8 Å². The average Bonchev–Trinajstić information content (AvgIpc) is 2.89. The fraction of sp³-hybridized carbons (Fsp3) is 0.615. The number of carbonyl (C=O) groups is 3. The van der Waals surface area contributed by atoms with Crippen LogP contribution in [0.2, 0.25) is 0 Å². The third-order valence-corrected chi connectivity index (χ3v) is 4.82. The summed E-state index contributed by atoms with van der Waals surface area (Å²) in [6.07, 6.45) is 0.955. The Hall–Kier alpha value is -1.90. The molecule has 1 unspecified atom stereocenters. The lowest BCUT2D eigenvalue weighted by atomic mass is 10.1. The van der Waals surface area contributed by atoms with Crippen molar-refractivity contribution in [3.8, 4) is 0 Å². The summed E-state index contributed by atoms with van der Waals surface area (Å²) in [5, 5.41) is 0.775. The van der Waals surface area contributed by atoms with Crippen LogP contribution in [0.5, 0.6) is 0 Å². The lowest BCUT2D eigenvalue weighted by Crippen LogP contribution is -2.63. The molecular weight excluding hydrogens is 308 g/mol. The Morgan fingerprint density at radius 1 is 1.50 bits per heavy atom. The number of aliphatic imine (C=N–C) groups is 1. The molecule has 118 valence electrons. The summed E-state index contributed by atoms with van der Waals surface area (Å²) in [7, 11) is 1.57. The van der Waals surface area contributed by atoms with E-state index in [1.54, 1.807) is 25.7 Å². The molecule has 0 radical (unpaired) electrons. The fourth-order valence-corrected chi connectivity index (χ4v) is 3.69. The zero-order valence-electron chi connectivity index (χ0n) is 12.4. The van der Waals surface area contributed by atoms with Gasteiger partial charge in [0.1, 0.15) is 6.54 Å². The molecule has 3 amide bonds. The van der Waals surface area contributed by atoms with Crippen LogP contribution in [0.4, 0.5) is 4.79 Å². The van der Waals surface area contributed by atoms with E-state index in [0.717, 1.165) is 28.8 Å². The number of esters is 1. The molecule has 1 fully saturated rings. The first kappa shape index (κ1) is 15.0. The minimum Gasteiger partial charge on any atom is -0.465 e. The molecule has 22 heavy (non-hydrogen) atoms. The van der Waals surface area contributed by atoms with E-state index in [9.17, 15) is 14.4 Å². The van der Waals surface area contributed by atoms with Crippen LogP contribution in [-0.2, 0) is 14.3 Å². The molecule has 0 aromatic heterocycles. The van der Waals surface area contributed by atoms with Crippen LogP contribution in [0.25, 0.3) is 0 Å². The van der Waals surface area contributed by atoms with Crippen LogP contribution in [0.15, 0.2) is 4.99 Å². The second kappa shape index (κ2) is 5.71. The summed E-state index contributed by atoms with van der Waals surface area (Å²) in [5.41, 5.74) is 0. The molecule has 8 nitrogen and oxygen atoms in total. The first-order valence-corrected chi connectivity index (χ1v) is 8.12. The largest absolute Gasteiger partial charge is 0.465 e. The van der Waals surface area contributed by atoms with E-state index in [1.807, 2.05) is 4.58 Å².